The van der Waals surface area contributed by atoms with Crippen LogP contribution in [0, 0.1) is 6.92 Å². The second-order valence-corrected chi connectivity index (χ2v) is 10.0. The van der Waals surface area contributed by atoms with Crippen LogP contribution in [0.15, 0.2) is 65.8 Å². The molecule has 0 unspecified atom stereocenters. The number of hydrogen-bond donors (Lipinski definition) is 0. The van der Waals surface area contributed by atoms with E-state index in [-0.39, 0.29) is 0 Å². The van der Waals surface area contributed by atoms with E-state index in [1.807, 2.05) is 60.0 Å². The molecular weight excluding hydrogens is 512 g/mol. The van der Waals surface area contributed by atoms with E-state index in [1.54, 1.807) is 33.1 Å². The molecule has 10 heteroatoms. The first-order valence-corrected chi connectivity index (χ1v) is 13.6. The van der Waals surface area contributed by atoms with Gasteiger partial charge in [0, 0.05) is 30.2 Å². The van der Waals surface area contributed by atoms with Gasteiger partial charge in [-0.3, -0.25) is 0 Å². The Hall–Kier alpha value is -4.31. The molecule has 0 N–H and O–H groups in total. The van der Waals surface area contributed by atoms with Gasteiger partial charge in [-0.2, -0.15) is 4.52 Å². The van der Waals surface area contributed by atoms with Crippen LogP contribution < -0.4 is 14.2 Å². The molecule has 0 saturated heterocycles. The Morgan fingerprint density at radius 1 is 0.821 bits per heavy atom. The van der Waals surface area contributed by atoms with Crippen molar-refractivity contribution in [1.82, 2.24) is 29.1 Å². The lowest BCUT2D eigenvalue weighted by molar-refractivity contribution is 0.355. The summed E-state index contributed by atoms with van der Waals surface area (Å²) in [6, 6.07) is 20.0. The predicted octanol–water partition coefficient (Wildman–Crippen LogP) is 5.50. The molecule has 6 aromatic rings. The van der Waals surface area contributed by atoms with Crippen molar-refractivity contribution in [3.05, 3.63) is 77.9 Å². The normalized spacial score (nSPS) is 11.5. The summed E-state index contributed by atoms with van der Waals surface area (Å²) < 4.78 is 20.6. The van der Waals surface area contributed by atoms with E-state index in [0.717, 1.165) is 62.2 Å². The van der Waals surface area contributed by atoms with Crippen LogP contribution in [0.4, 0.5) is 0 Å². The van der Waals surface area contributed by atoms with Crippen LogP contribution in [0.2, 0.25) is 0 Å². The SMILES string of the molecule is COc1cccc(CSc2nc3cc(OC)c(OC)cc3c3nc(CCn4c(C)nc5ccccc54)nn23)c1. The Labute approximate surface area is 229 Å². The highest BCUT2D eigenvalue weighted by Crippen LogP contribution is 2.35. The lowest BCUT2D eigenvalue weighted by Gasteiger charge is -2.11. The molecule has 0 saturated carbocycles. The van der Waals surface area contributed by atoms with Gasteiger partial charge in [0.25, 0.3) is 0 Å². The smallest absolute Gasteiger partial charge is 0.191 e. The monoisotopic (exact) mass is 540 g/mol. The lowest BCUT2D eigenvalue weighted by Crippen LogP contribution is -2.05. The van der Waals surface area contributed by atoms with Gasteiger partial charge in [-0.25, -0.2) is 15.0 Å². The summed E-state index contributed by atoms with van der Waals surface area (Å²) in [5.74, 6) is 4.47. The van der Waals surface area contributed by atoms with Crippen LogP contribution in [0.1, 0.15) is 17.2 Å². The summed E-state index contributed by atoms with van der Waals surface area (Å²) in [4.78, 5) is 14.6. The Morgan fingerprint density at radius 3 is 2.46 bits per heavy atom. The minimum absolute atomic E-state index is 0.618. The second-order valence-electron chi connectivity index (χ2n) is 9.07. The summed E-state index contributed by atoms with van der Waals surface area (Å²) in [6.07, 6.45) is 0.650. The van der Waals surface area contributed by atoms with E-state index in [4.69, 9.17) is 34.3 Å². The molecule has 0 spiro atoms. The van der Waals surface area contributed by atoms with Crippen molar-refractivity contribution < 1.29 is 14.2 Å². The first-order valence-electron chi connectivity index (χ1n) is 12.6. The quantitative estimate of drug-likeness (QED) is 0.176. The Balaban J connectivity index is 1.40. The zero-order valence-electron chi connectivity index (χ0n) is 22.2. The first-order chi connectivity index (χ1) is 19.1. The molecule has 3 heterocycles. The van der Waals surface area contributed by atoms with E-state index < -0.39 is 0 Å². The van der Waals surface area contributed by atoms with Gasteiger partial charge in [-0.05, 0) is 42.8 Å². The molecule has 0 amide bonds. The fourth-order valence-electron chi connectivity index (χ4n) is 4.75. The van der Waals surface area contributed by atoms with Crippen molar-refractivity contribution in [2.45, 2.75) is 30.8 Å². The predicted molar refractivity (Wildman–Crippen MR) is 152 cm³/mol. The summed E-state index contributed by atoms with van der Waals surface area (Å²) in [7, 11) is 4.92. The number of nitrogens with zero attached hydrogens (tertiary/aromatic N) is 6. The molecule has 6 rings (SSSR count). The Morgan fingerprint density at radius 2 is 1.64 bits per heavy atom. The van der Waals surface area contributed by atoms with Gasteiger partial charge in [0.1, 0.15) is 11.6 Å². The highest BCUT2D eigenvalue weighted by atomic mass is 32.2. The Kier molecular flexibility index (Phi) is 6.70. The molecule has 198 valence electrons. The number of rotatable bonds is 9. The zero-order chi connectivity index (χ0) is 26.9. The van der Waals surface area contributed by atoms with Crippen molar-refractivity contribution >= 4 is 39.3 Å². The van der Waals surface area contributed by atoms with E-state index in [9.17, 15) is 0 Å². The van der Waals surface area contributed by atoms with Gasteiger partial charge >= 0.3 is 0 Å². The first kappa shape index (κ1) is 25.0. The van der Waals surface area contributed by atoms with E-state index in [1.165, 1.54) is 0 Å². The number of para-hydroxylation sites is 2. The zero-order valence-corrected chi connectivity index (χ0v) is 23.0. The van der Waals surface area contributed by atoms with Crippen molar-refractivity contribution in [2.75, 3.05) is 21.3 Å². The highest BCUT2D eigenvalue weighted by Gasteiger charge is 2.18. The largest absolute Gasteiger partial charge is 0.497 e. The topological polar surface area (TPSA) is 88.6 Å². The van der Waals surface area contributed by atoms with Crippen LogP contribution in [0.25, 0.3) is 27.6 Å². The van der Waals surface area contributed by atoms with Gasteiger partial charge in [0.2, 0.25) is 0 Å². The maximum absolute atomic E-state index is 5.57. The molecule has 0 radical (unpaired) electrons. The number of imidazole rings is 1. The molecule has 39 heavy (non-hydrogen) atoms. The third-order valence-electron chi connectivity index (χ3n) is 6.70. The molecule has 0 atom stereocenters. The van der Waals surface area contributed by atoms with Crippen LogP contribution >= 0.6 is 11.8 Å². The number of hydrogen-bond acceptors (Lipinski definition) is 8. The molecule has 0 bridgehead atoms. The highest BCUT2D eigenvalue weighted by molar-refractivity contribution is 7.98. The van der Waals surface area contributed by atoms with Gasteiger partial charge < -0.3 is 18.8 Å². The minimum Gasteiger partial charge on any atom is -0.497 e. The molecule has 0 aliphatic carbocycles. The number of benzene rings is 3. The number of thioether (sulfide) groups is 1. The molecule has 0 fully saturated rings. The summed E-state index contributed by atoms with van der Waals surface area (Å²) in [5, 5.41) is 6.50. The van der Waals surface area contributed by atoms with Crippen LogP contribution in [0.5, 0.6) is 17.2 Å². The maximum atomic E-state index is 5.57. The minimum atomic E-state index is 0.618. The molecule has 3 aromatic carbocycles. The van der Waals surface area contributed by atoms with Crippen molar-refractivity contribution in [3.8, 4) is 17.2 Å². The fourth-order valence-corrected chi connectivity index (χ4v) is 5.64. The van der Waals surface area contributed by atoms with Crippen molar-refractivity contribution in [2.24, 2.45) is 0 Å². The van der Waals surface area contributed by atoms with Gasteiger partial charge in [-0.15, -0.1) is 5.10 Å². The number of methoxy groups -OCH3 is 3. The lowest BCUT2D eigenvalue weighted by atomic mass is 10.2. The van der Waals surface area contributed by atoms with Crippen molar-refractivity contribution in [3.63, 3.8) is 0 Å². The Bertz CT molecular complexity index is 1810. The molecule has 0 aliphatic rings. The van der Waals surface area contributed by atoms with Crippen LogP contribution in [-0.4, -0.2) is 50.5 Å². The van der Waals surface area contributed by atoms with Crippen LogP contribution in [0.3, 0.4) is 0 Å². The van der Waals surface area contributed by atoms with E-state index in [2.05, 4.69) is 16.7 Å². The average molecular weight is 541 g/mol. The number of aromatic nitrogens is 6. The van der Waals surface area contributed by atoms with Gasteiger partial charge in [0.15, 0.2) is 28.1 Å². The number of fused-ring (bicyclic) bond motifs is 4. The van der Waals surface area contributed by atoms with Gasteiger partial charge in [-0.1, -0.05) is 36.0 Å². The molecule has 9 nitrogen and oxygen atoms in total. The summed E-state index contributed by atoms with van der Waals surface area (Å²) in [6.45, 7) is 2.75. The molecule has 0 aliphatic heterocycles. The van der Waals surface area contributed by atoms with Gasteiger partial charge in [0.05, 0.1) is 37.9 Å². The molecule has 3 aromatic heterocycles. The summed E-state index contributed by atoms with van der Waals surface area (Å²) in [5.41, 5.74) is 4.73. The average Bonchev–Trinajstić information content (AvgIpc) is 3.54. The standard InChI is InChI=1S/C29H28N6O3S/c1-18-30-22-10-5-6-11-24(22)34(18)13-12-27-32-28-21-15-25(37-3)26(38-4)16-23(21)31-29(35(28)33-27)39-17-19-8-7-9-20(14-19)36-2/h5-11,14-16H,12-13,17H2,1-4H3. The summed E-state index contributed by atoms with van der Waals surface area (Å²) >= 11 is 1.60. The maximum Gasteiger partial charge on any atom is 0.191 e. The second kappa shape index (κ2) is 10.5. The number of aryl methyl sites for hydroxylation is 3. The third-order valence-corrected chi connectivity index (χ3v) is 7.70. The van der Waals surface area contributed by atoms with E-state index >= 15 is 0 Å². The van der Waals surface area contributed by atoms with E-state index in [0.29, 0.717) is 23.7 Å². The number of ether oxygens (including phenoxy) is 3. The molecular formula is C29H28N6O3S. The third kappa shape index (κ3) is 4.72. The fraction of sp³-hybridized carbons (Fsp3) is 0.241. The van der Waals surface area contributed by atoms with Crippen molar-refractivity contribution in [1.29, 1.82) is 0 Å². The van der Waals surface area contributed by atoms with Crippen LogP contribution in [-0.2, 0) is 18.7 Å².